The van der Waals surface area contributed by atoms with Crippen LogP contribution in [0.1, 0.15) is 59.2 Å². The van der Waals surface area contributed by atoms with Gasteiger partial charge in [-0.2, -0.15) is 0 Å². The number of nitrogens with zero attached hydrogens (tertiary/aromatic N) is 1. The molecular formula is C30H38FNO4Si. The fourth-order valence-electron chi connectivity index (χ4n) is 4.33. The predicted molar refractivity (Wildman–Crippen MR) is 151 cm³/mol. The lowest BCUT2D eigenvalue weighted by atomic mass is 10.0. The van der Waals surface area contributed by atoms with Crippen LogP contribution in [0.15, 0.2) is 54.6 Å². The van der Waals surface area contributed by atoms with Crippen molar-refractivity contribution in [2.24, 2.45) is 0 Å². The van der Waals surface area contributed by atoms with Gasteiger partial charge in [-0.05, 0) is 67.9 Å². The summed E-state index contributed by atoms with van der Waals surface area (Å²) in [6, 6.07) is 14.5. The minimum Gasteiger partial charge on any atom is -0.481 e. The maximum absolute atomic E-state index is 13.7. The van der Waals surface area contributed by atoms with Gasteiger partial charge >= 0.3 is 5.97 Å². The molecule has 0 spiro atoms. The highest BCUT2D eigenvalue weighted by atomic mass is 28.4. The molecule has 2 aromatic carbocycles. The summed E-state index contributed by atoms with van der Waals surface area (Å²) in [5.41, 5.74) is 3.65. The number of carboxylic acid groups (broad SMARTS) is 1. The van der Waals surface area contributed by atoms with Crippen LogP contribution in [0.4, 0.5) is 4.39 Å². The van der Waals surface area contributed by atoms with Crippen molar-refractivity contribution in [2.75, 3.05) is 0 Å². The highest BCUT2D eigenvalue weighted by molar-refractivity contribution is 6.74. The number of aromatic nitrogens is 1. The van der Waals surface area contributed by atoms with Gasteiger partial charge in [0.05, 0.1) is 18.2 Å². The summed E-state index contributed by atoms with van der Waals surface area (Å²) < 4.78 is 22.2. The molecule has 3 aromatic rings. The van der Waals surface area contributed by atoms with Gasteiger partial charge in [0.1, 0.15) is 5.82 Å². The molecule has 0 saturated carbocycles. The summed E-state index contributed by atoms with van der Waals surface area (Å²) in [6.45, 7) is 14.5. The number of carbonyl (C=O) groups excluding carboxylic acids is 1. The molecule has 3 rings (SSSR count). The summed E-state index contributed by atoms with van der Waals surface area (Å²) in [7, 11) is -2.27. The zero-order valence-electron chi connectivity index (χ0n) is 22.8. The molecular weight excluding hydrogens is 485 g/mol. The van der Waals surface area contributed by atoms with E-state index in [1.54, 1.807) is 18.2 Å². The van der Waals surface area contributed by atoms with E-state index >= 15 is 0 Å². The highest BCUT2D eigenvalue weighted by Crippen LogP contribution is 2.39. The van der Waals surface area contributed by atoms with E-state index in [0.717, 1.165) is 27.7 Å². The predicted octanol–water partition coefficient (Wildman–Crippen LogP) is 7.87. The number of benzene rings is 2. The number of carbonyl (C=O) groups is 2. The van der Waals surface area contributed by atoms with E-state index in [1.807, 2.05) is 24.3 Å². The molecule has 0 amide bonds. The van der Waals surface area contributed by atoms with Crippen LogP contribution in [0.3, 0.4) is 0 Å². The Balaban J connectivity index is 2.01. The Morgan fingerprint density at radius 3 is 2.24 bits per heavy atom. The maximum Gasteiger partial charge on any atom is 0.305 e. The first-order chi connectivity index (χ1) is 17.2. The minimum atomic E-state index is -2.27. The normalized spacial score (nSPS) is 13.5. The van der Waals surface area contributed by atoms with Crippen molar-refractivity contribution in [3.05, 3.63) is 66.1 Å². The minimum absolute atomic E-state index is 0.0108. The van der Waals surface area contributed by atoms with Crippen LogP contribution in [0.25, 0.3) is 28.1 Å². The van der Waals surface area contributed by atoms with Crippen LogP contribution in [0.2, 0.25) is 18.1 Å². The Bertz CT molecular complexity index is 1300. The number of allylic oxidation sites excluding steroid dienone is 1. The first-order valence-corrected chi connectivity index (χ1v) is 15.6. The number of para-hydroxylation sites is 1. The second kappa shape index (κ2) is 11.2. The van der Waals surface area contributed by atoms with Gasteiger partial charge in [-0.1, -0.05) is 51.1 Å². The Kier molecular flexibility index (Phi) is 8.60. The van der Waals surface area contributed by atoms with Gasteiger partial charge in [0.15, 0.2) is 14.1 Å². The number of hydrogen-bond acceptors (Lipinski definition) is 3. The first kappa shape index (κ1) is 28.5. The van der Waals surface area contributed by atoms with Gasteiger partial charge in [-0.15, -0.1) is 0 Å². The largest absolute Gasteiger partial charge is 0.481 e. The summed E-state index contributed by atoms with van der Waals surface area (Å²) in [6.07, 6.45) is 2.39. The molecule has 1 heterocycles. The number of rotatable bonds is 10. The number of ketones is 1. The highest BCUT2D eigenvalue weighted by Gasteiger charge is 2.39. The Morgan fingerprint density at radius 1 is 1.05 bits per heavy atom. The fourth-order valence-corrected chi connectivity index (χ4v) is 5.68. The third-order valence-corrected chi connectivity index (χ3v) is 11.7. The van der Waals surface area contributed by atoms with Crippen LogP contribution >= 0.6 is 0 Å². The maximum atomic E-state index is 13.7. The third kappa shape index (κ3) is 6.65. The molecule has 0 aliphatic carbocycles. The van der Waals surface area contributed by atoms with E-state index in [2.05, 4.69) is 52.3 Å². The van der Waals surface area contributed by atoms with Crippen molar-refractivity contribution in [3.63, 3.8) is 0 Å². The molecule has 0 radical (unpaired) electrons. The van der Waals surface area contributed by atoms with Gasteiger partial charge in [-0.25, -0.2) is 4.39 Å². The van der Waals surface area contributed by atoms with Gasteiger partial charge in [0.2, 0.25) is 0 Å². The summed E-state index contributed by atoms with van der Waals surface area (Å²) >= 11 is 0. The number of carboxylic acids is 1. The zero-order valence-corrected chi connectivity index (χ0v) is 23.8. The molecule has 0 aliphatic heterocycles. The Hall–Kier alpha value is -3.03. The molecule has 1 N–H and O–H groups in total. The SMILES string of the molecule is CC(C)n1c(/C=C/C(=O)CC(CC(=O)O)O[Si](C)(C)C(C)(C)C)c(-c2ccc(F)cc2)c2ccccc21. The first-order valence-electron chi connectivity index (χ1n) is 12.7. The Morgan fingerprint density at radius 2 is 1.68 bits per heavy atom. The van der Waals surface area contributed by atoms with Crippen LogP contribution in [-0.2, 0) is 14.0 Å². The van der Waals surface area contributed by atoms with Crippen molar-refractivity contribution < 1.29 is 23.5 Å². The van der Waals surface area contributed by atoms with Crippen molar-refractivity contribution in [3.8, 4) is 11.1 Å². The van der Waals surface area contributed by atoms with Gasteiger partial charge in [-0.3, -0.25) is 9.59 Å². The summed E-state index contributed by atoms with van der Waals surface area (Å²) in [5.74, 6) is -1.50. The second-order valence-corrected chi connectivity index (χ2v) is 16.1. The summed E-state index contributed by atoms with van der Waals surface area (Å²) in [4.78, 5) is 24.7. The van der Waals surface area contributed by atoms with Crippen LogP contribution < -0.4 is 0 Å². The van der Waals surface area contributed by atoms with Crippen molar-refractivity contribution in [2.45, 2.75) is 77.7 Å². The van der Waals surface area contributed by atoms with E-state index < -0.39 is 20.4 Å². The lowest BCUT2D eigenvalue weighted by molar-refractivity contribution is -0.139. The number of halogens is 1. The van der Waals surface area contributed by atoms with Crippen molar-refractivity contribution in [1.82, 2.24) is 4.57 Å². The summed E-state index contributed by atoms with van der Waals surface area (Å²) in [5, 5.41) is 10.3. The molecule has 7 heteroatoms. The molecule has 0 aliphatic rings. The van der Waals surface area contributed by atoms with E-state index in [4.69, 9.17) is 4.43 Å². The van der Waals surface area contributed by atoms with E-state index in [0.29, 0.717) is 0 Å². The third-order valence-electron chi connectivity index (χ3n) is 7.12. The second-order valence-electron chi connectivity index (χ2n) is 11.3. The molecule has 1 atom stereocenters. The van der Waals surface area contributed by atoms with Crippen LogP contribution in [0.5, 0.6) is 0 Å². The lowest BCUT2D eigenvalue weighted by Gasteiger charge is -2.38. The lowest BCUT2D eigenvalue weighted by Crippen LogP contribution is -2.44. The average molecular weight is 524 g/mol. The monoisotopic (exact) mass is 523 g/mol. The molecule has 0 bridgehead atoms. The van der Waals surface area contributed by atoms with E-state index in [-0.39, 0.29) is 35.5 Å². The molecule has 5 nitrogen and oxygen atoms in total. The average Bonchev–Trinajstić information content (AvgIpc) is 3.11. The topological polar surface area (TPSA) is 68.5 Å². The van der Waals surface area contributed by atoms with Gasteiger partial charge in [0.25, 0.3) is 0 Å². The van der Waals surface area contributed by atoms with Gasteiger partial charge in [0, 0.05) is 28.9 Å². The standard InChI is InChI=1S/C30H38FNO4Si/c1-20(2)32-26-11-9-8-10-25(26)29(21-12-14-22(31)15-13-21)27(32)17-16-23(33)18-24(19-28(34)35)36-37(6,7)30(3,4)5/h8-17,20,24H,18-19H2,1-7H3,(H,34,35)/b17-16+. The number of fused-ring (bicyclic) bond motifs is 1. The van der Waals surface area contributed by atoms with Crippen molar-refractivity contribution >= 4 is 37.0 Å². The molecule has 1 unspecified atom stereocenters. The molecule has 1 aromatic heterocycles. The molecule has 0 fully saturated rings. The number of hydrogen-bond donors (Lipinski definition) is 1. The molecule has 0 saturated heterocycles. The van der Waals surface area contributed by atoms with E-state index in [9.17, 15) is 19.1 Å². The van der Waals surface area contributed by atoms with Crippen LogP contribution in [0, 0.1) is 5.82 Å². The number of aliphatic carboxylic acids is 1. The zero-order chi connectivity index (χ0) is 27.5. The Labute approximate surface area is 220 Å². The quantitative estimate of drug-likeness (QED) is 0.217. The van der Waals surface area contributed by atoms with Gasteiger partial charge < -0.3 is 14.1 Å². The molecule has 198 valence electrons. The van der Waals surface area contributed by atoms with E-state index in [1.165, 1.54) is 18.2 Å². The molecule has 37 heavy (non-hydrogen) atoms. The fraction of sp³-hybridized carbons (Fsp3) is 0.400. The van der Waals surface area contributed by atoms with Crippen LogP contribution in [-0.4, -0.2) is 35.8 Å². The van der Waals surface area contributed by atoms with Crippen molar-refractivity contribution in [1.29, 1.82) is 0 Å². The smallest absolute Gasteiger partial charge is 0.305 e.